The number of halogens is 1. The Labute approximate surface area is 122 Å². The highest BCUT2D eigenvalue weighted by molar-refractivity contribution is 7.89. The molecule has 0 fully saturated rings. The summed E-state index contributed by atoms with van der Waals surface area (Å²) in [4.78, 5) is 0.0983. The molecule has 2 aromatic rings. The van der Waals surface area contributed by atoms with E-state index < -0.39 is 10.0 Å². The average molecular weight is 304 g/mol. The van der Waals surface area contributed by atoms with Gasteiger partial charge in [0.05, 0.1) is 16.5 Å². The standard InChI is InChI=1S/C15H13FN2O2S/c1-11-8-15(7-4-13(11)9-17)21(19,20)18-10-12-2-5-14(16)6-3-12/h2-8,18H,10H2,1H3. The van der Waals surface area contributed by atoms with Crippen LogP contribution in [0.5, 0.6) is 0 Å². The molecule has 2 rings (SSSR count). The molecular weight excluding hydrogens is 291 g/mol. The highest BCUT2D eigenvalue weighted by atomic mass is 32.2. The molecule has 0 radical (unpaired) electrons. The quantitative estimate of drug-likeness (QED) is 0.943. The minimum absolute atomic E-state index is 0.0711. The monoisotopic (exact) mass is 304 g/mol. The van der Waals surface area contributed by atoms with Crippen LogP contribution in [0.1, 0.15) is 16.7 Å². The van der Waals surface area contributed by atoms with Gasteiger partial charge < -0.3 is 0 Å². The summed E-state index contributed by atoms with van der Waals surface area (Å²) in [6.07, 6.45) is 0. The second-order valence-electron chi connectivity index (χ2n) is 4.54. The fourth-order valence-electron chi connectivity index (χ4n) is 1.79. The zero-order chi connectivity index (χ0) is 15.5. The van der Waals surface area contributed by atoms with Gasteiger partial charge in [-0.2, -0.15) is 5.26 Å². The maximum Gasteiger partial charge on any atom is 0.240 e. The number of sulfonamides is 1. The van der Waals surface area contributed by atoms with Gasteiger partial charge in [-0.05, 0) is 48.4 Å². The summed E-state index contributed by atoms with van der Waals surface area (Å²) in [7, 11) is -3.67. The van der Waals surface area contributed by atoms with Gasteiger partial charge in [0.2, 0.25) is 10.0 Å². The largest absolute Gasteiger partial charge is 0.240 e. The van der Waals surface area contributed by atoms with E-state index in [1.807, 2.05) is 6.07 Å². The molecule has 0 saturated heterocycles. The Morgan fingerprint density at radius 2 is 1.86 bits per heavy atom. The normalized spacial score (nSPS) is 11.1. The minimum atomic E-state index is -3.67. The number of nitriles is 1. The molecule has 0 aliphatic carbocycles. The van der Waals surface area contributed by atoms with E-state index in [0.29, 0.717) is 16.7 Å². The summed E-state index contributed by atoms with van der Waals surface area (Å²) in [5.41, 5.74) is 1.69. The molecule has 0 aliphatic heterocycles. The first-order chi connectivity index (χ1) is 9.92. The first kappa shape index (κ1) is 15.2. The summed E-state index contributed by atoms with van der Waals surface area (Å²) in [6, 6.07) is 11.9. The van der Waals surface area contributed by atoms with Crippen molar-refractivity contribution in [1.82, 2.24) is 4.72 Å². The van der Waals surface area contributed by atoms with Gasteiger partial charge in [-0.15, -0.1) is 0 Å². The van der Waals surface area contributed by atoms with Gasteiger partial charge in [0, 0.05) is 6.54 Å². The topological polar surface area (TPSA) is 70.0 Å². The van der Waals surface area contributed by atoms with E-state index in [9.17, 15) is 12.8 Å². The molecule has 0 heterocycles. The van der Waals surface area contributed by atoms with E-state index in [4.69, 9.17) is 5.26 Å². The van der Waals surface area contributed by atoms with Crippen molar-refractivity contribution in [2.24, 2.45) is 0 Å². The third kappa shape index (κ3) is 3.66. The van der Waals surface area contributed by atoms with Crippen LogP contribution in [-0.4, -0.2) is 8.42 Å². The number of rotatable bonds is 4. The van der Waals surface area contributed by atoms with Crippen LogP contribution in [-0.2, 0) is 16.6 Å². The van der Waals surface area contributed by atoms with Gasteiger partial charge in [0.1, 0.15) is 5.82 Å². The lowest BCUT2D eigenvalue weighted by atomic mass is 10.1. The van der Waals surface area contributed by atoms with Crippen molar-refractivity contribution in [3.63, 3.8) is 0 Å². The third-order valence-corrected chi connectivity index (χ3v) is 4.41. The molecule has 2 aromatic carbocycles. The minimum Gasteiger partial charge on any atom is -0.207 e. The van der Waals surface area contributed by atoms with Crippen molar-refractivity contribution >= 4 is 10.0 Å². The number of nitrogens with one attached hydrogen (secondary N) is 1. The molecule has 0 saturated carbocycles. The van der Waals surface area contributed by atoms with Gasteiger partial charge in [0.25, 0.3) is 0 Å². The van der Waals surface area contributed by atoms with Gasteiger partial charge >= 0.3 is 0 Å². The highest BCUT2D eigenvalue weighted by Crippen LogP contribution is 2.15. The van der Waals surface area contributed by atoms with Crippen molar-refractivity contribution in [2.45, 2.75) is 18.4 Å². The van der Waals surface area contributed by atoms with Crippen LogP contribution >= 0.6 is 0 Å². The summed E-state index contributed by atoms with van der Waals surface area (Å²) < 4.78 is 39.5. The van der Waals surface area contributed by atoms with E-state index in [-0.39, 0.29) is 17.3 Å². The summed E-state index contributed by atoms with van der Waals surface area (Å²) in [5.74, 6) is -0.371. The van der Waals surface area contributed by atoms with E-state index in [1.165, 1.54) is 42.5 Å². The molecule has 0 aromatic heterocycles. The van der Waals surface area contributed by atoms with Crippen LogP contribution in [0.2, 0.25) is 0 Å². The van der Waals surface area contributed by atoms with Crippen LogP contribution in [0.15, 0.2) is 47.4 Å². The van der Waals surface area contributed by atoms with Crippen molar-refractivity contribution in [2.75, 3.05) is 0 Å². The molecule has 0 amide bonds. The van der Waals surface area contributed by atoms with Crippen LogP contribution in [0, 0.1) is 24.1 Å². The predicted octanol–water partition coefficient (Wildman–Crippen LogP) is 2.48. The van der Waals surface area contributed by atoms with Crippen LogP contribution in [0.25, 0.3) is 0 Å². The molecule has 6 heteroatoms. The Morgan fingerprint density at radius 3 is 2.43 bits per heavy atom. The molecular formula is C15H13FN2O2S. The van der Waals surface area contributed by atoms with Gasteiger partial charge in [-0.25, -0.2) is 17.5 Å². The Bertz CT molecular complexity index is 793. The molecule has 0 spiro atoms. The first-order valence-electron chi connectivity index (χ1n) is 6.17. The zero-order valence-electron chi connectivity index (χ0n) is 11.3. The first-order valence-corrected chi connectivity index (χ1v) is 7.65. The van der Waals surface area contributed by atoms with E-state index in [0.717, 1.165) is 0 Å². The second kappa shape index (κ2) is 6.04. The fraction of sp³-hybridized carbons (Fsp3) is 0.133. The Kier molecular flexibility index (Phi) is 4.36. The second-order valence-corrected chi connectivity index (χ2v) is 6.31. The summed E-state index contributed by atoms with van der Waals surface area (Å²) in [5, 5.41) is 8.84. The number of benzene rings is 2. The molecule has 0 atom stereocenters. The molecule has 1 N–H and O–H groups in total. The lowest BCUT2D eigenvalue weighted by Crippen LogP contribution is -2.23. The number of hydrogen-bond donors (Lipinski definition) is 1. The molecule has 0 aliphatic rings. The highest BCUT2D eigenvalue weighted by Gasteiger charge is 2.14. The van der Waals surface area contributed by atoms with Crippen molar-refractivity contribution in [1.29, 1.82) is 5.26 Å². The smallest absolute Gasteiger partial charge is 0.207 e. The third-order valence-electron chi connectivity index (χ3n) is 3.01. The maximum absolute atomic E-state index is 12.8. The summed E-state index contributed by atoms with van der Waals surface area (Å²) in [6.45, 7) is 1.75. The van der Waals surface area contributed by atoms with E-state index in [2.05, 4.69) is 4.72 Å². The zero-order valence-corrected chi connectivity index (χ0v) is 12.1. The molecule has 108 valence electrons. The summed E-state index contributed by atoms with van der Waals surface area (Å²) >= 11 is 0. The molecule has 0 unspecified atom stereocenters. The Morgan fingerprint density at radius 1 is 1.19 bits per heavy atom. The van der Waals surface area contributed by atoms with Crippen molar-refractivity contribution in [3.8, 4) is 6.07 Å². The lowest BCUT2D eigenvalue weighted by molar-refractivity contribution is 0.581. The number of nitrogens with zero attached hydrogens (tertiary/aromatic N) is 1. The van der Waals surface area contributed by atoms with Crippen LogP contribution in [0.4, 0.5) is 4.39 Å². The predicted molar refractivity (Wildman–Crippen MR) is 76.3 cm³/mol. The SMILES string of the molecule is Cc1cc(S(=O)(=O)NCc2ccc(F)cc2)ccc1C#N. The van der Waals surface area contributed by atoms with Gasteiger partial charge in [-0.1, -0.05) is 12.1 Å². The average Bonchev–Trinajstić information content (AvgIpc) is 2.46. The molecule has 4 nitrogen and oxygen atoms in total. The Balaban J connectivity index is 2.17. The number of hydrogen-bond acceptors (Lipinski definition) is 3. The lowest BCUT2D eigenvalue weighted by Gasteiger charge is -2.08. The van der Waals surface area contributed by atoms with Gasteiger partial charge in [-0.3, -0.25) is 0 Å². The molecule has 0 bridgehead atoms. The van der Waals surface area contributed by atoms with Crippen LogP contribution < -0.4 is 4.72 Å². The Hall–Kier alpha value is -2.23. The number of aryl methyl sites for hydroxylation is 1. The van der Waals surface area contributed by atoms with Crippen molar-refractivity contribution < 1.29 is 12.8 Å². The van der Waals surface area contributed by atoms with Gasteiger partial charge in [0.15, 0.2) is 0 Å². The van der Waals surface area contributed by atoms with Crippen molar-refractivity contribution in [3.05, 3.63) is 65.0 Å². The fourth-order valence-corrected chi connectivity index (χ4v) is 2.90. The van der Waals surface area contributed by atoms with Crippen LogP contribution in [0.3, 0.4) is 0 Å². The maximum atomic E-state index is 12.8. The van der Waals surface area contributed by atoms with E-state index >= 15 is 0 Å². The molecule has 21 heavy (non-hydrogen) atoms. The van der Waals surface area contributed by atoms with E-state index in [1.54, 1.807) is 6.92 Å².